The Bertz CT molecular complexity index is 1150. The molecule has 2 heterocycles. The van der Waals surface area contributed by atoms with Crippen LogP contribution in [0.2, 0.25) is 0 Å². The SMILES string of the molecule is CCCCCCCCCCC(O)C1C=CC2C(=O)N(c3ccccc3)C(=O)[C@H]2N1Nc1ccc([N+](=O)[O-])cc1. The standard InChI is InChI=1S/C30H38N4O5/c1-2-3-4-5-6-7-8-12-15-27(35)26-21-20-25-28(30(37)32(29(25)36)23-13-10-9-11-14-23)33(26)31-22-16-18-24(19-17-22)34(38)39/h9-11,13-14,16-21,25-28,31,35H,2-8,12,15H2,1H3/t25?,26?,27?,28-/m0/s1. The number of aliphatic hydroxyl groups excluding tert-OH is 1. The zero-order valence-electron chi connectivity index (χ0n) is 22.4. The van der Waals surface area contributed by atoms with E-state index in [4.69, 9.17) is 0 Å². The van der Waals surface area contributed by atoms with Crippen LogP contribution in [-0.2, 0) is 9.59 Å². The Balaban J connectivity index is 1.50. The minimum atomic E-state index is -0.865. The molecule has 9 nitrogen and oxygen atoms in total. The molecule has 1 fully saturated rings. The second-order valence-electron chi connectivity index (χ2n) is 10.3. The third-order valence-electron chi connectivity index (χ3n) is 7.55. The molecule has 0 radical (unpaired) electrons. The molecular formula is C30H38N4O5. The Hall–Kier alpha value is -3.56. The van der Waals surface area contributed by atoms with Gasteiger partial charge < -0.3 is 10.5 Å². The molecule has 0 aromatic heterocycles. The molecular weight excluding hydrogens is 496 g/mol. The topological polar surface area (TPSA) is 116 Å². The van der Waals surface area contributed by atoms with Gasteiger partial charge in [-0.3, -0.25) is 19.7 Å². The van der Waals surface area contributed by atoms with Gasteiger partial charge in [0.05, 0.1) is 28.7 Å². The van der Waals surface area contributed by atoms with Crippen LogP contribution in [0.1, 0.15) is 64.7 Å². The molecule has 2 amide bonds. The van der Waals surface area contributed by atoms with Gasteiger partial charge >= 0.3 is 0 Å². The Morgan fingerprint density at radius 1 is 0.897 bits per heavy atom. The number of imide groups is 1. The van der Waals surface area contributed by atoms with E-state index in [2.05, 4.69) is 12.3 Å². The van der Waals surface area contributed by atoms with E-state index in [-0.39, 0.29) is 17.5 Å². The van der Waals surface area contributed by atoms with Crippen molar-refractivity contribution >= 4 is 28.9 Å². The first-order valence-electron chi connectivity index (χ1n) is 14.0. The number of rotatable bonds is 14. The van der Waals surface area contributed by atoms with Gasteiger partial charge in [-0.15, -0.1) is 0 Å². The maximum Gasteiger partial charge on any atom is 0.269 e. The number of aliphatic hydroxyl groups is 1. The van der Waals surface area contributed by atoms with Crippen LogP contribution in [0, 0.1) is 16.0 Å². The normalized spacial score (nSPS) is 21.7. The maximum atomic E-state index is 13.7. The summed E-state index contributed by atoms with van der Waals surface area (Å²) in [6, 6.07) is 13.3. The number of nitrogens with zero attached hydrogens (tertiary/aromatic N) is 3. The fourth-order valence-corrected chi connectivity index (χ4v) is 5.42. The predicted molar refractivity (Wildman–Crippen MR) is 151 cm³/mol. The monoisotopic (exact) mass is 534 g/mol. The summed E-state index contributed by atoms with van der Waals surface area (Å²) in [5, 5.41) is 24.0. The number of unbranched alkanes of at least 4 members (excludes halogenated alkanes) is 7. The Labute approximate surface area is 229 Å². The molecule has 3 unspecified atom stereocenters. The summed E-state index contributed by atoms with van der Waals surface area (Å²) in [5.41, 5.74) is 4.18. The average molecular weight is 535 g/mol. The average Bonchev–Trinajstić information content (AvgIpc) is 3.20. The second kappa shape index (κ2) is 13.5. The smallest absolute Gasteiger partial charge is 0.269 e. The van der Waals surface area contributed by atoms with Gasteiger partial charge in [0.1, 0.15) is 6.04 Å². The van der Waals surface area contributed by atoms with Gasteiger partial charge in [-0.05, 0) is 30.7 Å². The number of para-hydroxylation sites is 1. The summed E-state index contributed by atoms with van der Waals surface area (Å²) < 4.78 is 0. The van der Waals surface area contributed by atoms with Crippen LogP contribution in [0.25, 0.3) is 0 Å². The number of non-ortho nitro benzene ring substituents is 1. The first kappa shape index (κ1) is 28.4. The van der Waals surface area contributed by atoms with Crippen molar-refractivity contribution in [1.29, 1.82) is 0 Å². The molecule has 39 heavy (non-hydrogen) atoms. The number of hydrogen-bond acceptors (Lipinski definition) is 7. The summed E-state index contributed by atoms with van der Waals surface area (Å²) >= 11 is 0. The van der Waals surface area contributed by atoms with Crippen LogP contribution in [0.15, 0.2) is 66.7 Å². The highest BCUT2D eigenvalue weighted by Gasteiger charge is 2.54. The molecule has 4 atom stereocenters. The van der Waals surface area contributed by atoms with E-state index in [1.165, 1.54) is 49.1 Å². The zero-order chi connectivity index (χ0) is 27.8. The molecule has 1 saturated heterocycles. The van der Waals surface area contributed by atoms with E-state index in [0.717, 1.165) is 19.3 Å². The van der Waals surface area contributed by atoms with Crippen molar-refractivity contribution in [2.24, 2.45) is 5.92 Å². The predicted octanol–water partition coefficient (Wildman–Crippen LogP) is 5.61. The highest BCUT2D eigenvalue weighted by Crippen LogP contribution is 2.36. The van der Waals surface area contributed by atoms with E-state index in [1.54, 1.807) is 53.6 Å². The van der Waals surface area contributed by atoms with Gasteiger partial charge in [0.15, 0.2) is 0 Å². The summed E-state index contributed by atoms with van der Waals surface area (Å²) in [4.78, 5) is 38.9. The van der Waals surface area contributed by atoms with Crippen LogP contribution in [0.4, 0.5) is 17.1 Å². The molecule has 9 heteroatoms. The number of carbonyl (C=O) groups excluding carboxylic acids is 2. The lowest BCUT2D eigenvalue weighted by molar-refractivity contribution is -0.384. The third kappa shape index (κ3) is 6.72. The van der Waals surface area contributed by atoms with Crippen LogP contribution in [0.5, 0.6) is 0 Å². The van der Waals surface area contributed by atoms with Crippen molar-refractivity contribution in [3.63, 3.8) is 0 Å². The summed E-state index contributed by atoms with van der Waals surface area (Å²) in [6.45, 7) is 2.21. The van der Waals surface area contributed by atoms with Gasteiger partial charge in [0, 0.05) is 17.8 Å². The number of nitro groups is 1. The number of carbonyl (C=O) groups is 2. The van der Waals surface area contributed by atoms with Crippen LogP contribution in [-0.4, -0.2) is 45.0 Å². The van der Waals surface area contributed by atoms with E-state index >= 15 is 0 Å². The quantitative estimate of drug-likeness (QED) is 0.106. The van der Waals surface area contributed by atoms with Gasteiger partial charge in [-0.2, -0.15) is 0 Å². The highest BCUT2D eigenvalue weighted by molar-refractivity contribution is 6.24. The van der Waals surface area contributed by atoms with Crippen molar-refractivity contribution in [2.45, 2.75) is 82.9 Å². The van der Waals surface area contributed by atoms with Crippen LogP contribution < -0.4 is 10.3 Å². The van der Waals surface area contributed by atoms with E-state index in [0.29, 0.717) is 17.8 Å². The minimum absolute atomic E-state index is 0.0504. The van der Waals surface area contributed by atoms with Crippen LogP contribution in [0.3, 0.4) is 0 Å². The third-order valence-corrected chi connectivity index (χ3v) is 7.55. The van der Waals surface area contributed by atoms with Crippen molar-refractivity contribution in [3.05, 3.63) is 76.9 Å². The molecule has 0 bridgehead atoms. The fraction of sp³-hybridized carbons (Fsp3) is 0.467. The number of hydrazine groups is 1. The molecule has 0 spiro atoms. The fourth-order valence-electron chi connectivity index (χ4n) is 5.42. The second-order valence-corrected chi connectivity index (χ2v) is 10.3. The molecule has 2 N–H and O–H groups in total. The number of amides is 2. The van der Waals surface area contributed by atoms with Crippen molar-refractivity contribution in [2.75, 3.05) is 10.3 Å². The summed E-state index contributed by atoms with van der Waals surface area (Å²) in [6.07, 6.45) is 12.6. The molecule has 2 aliphatic rings. The molecule has 2 aromatic carbocycles. The Kier molecular flexibility index (Phi) is 9.84. The molecule has 4 rings (SSSR count). The maximum absolute atomic E-state index is 13.7. The number of benzene rings is 2. The first-order chi connectivity index (χ1) is 18.9. The molecule has 0 saturated carbocycles. The van der Waals surface area contributed by atoms with Gasteiger partial charge in [-0.25, -0.2) is 9.91 Å². The van der Waals surface area contributed by atoms with Crippen molar-refractivity contribution < 1.29 is 19.6 Å². The van der Waals surface area contributed by atoms with Crippen molar-refractivity contribution in [3.8, 4) is 0 Å². The highest BCUT2D eigenvalue weighted by atomic mass is 16.6. The largest absolute Gasteiger partial charge is 0.391 e. The molecule has 2 aliphatic heterocycles. The van der Waals surface area contributed by atoms with Gasteiger partial charge in [0.25, 0.3) is 11.6 Å². The van der Waals surface area contributed by atoms with Crippen LogP contribution >= 0.6 is 0 Å². The summed E-state index contributed by atoms with van der Waals surface area (Å²) in [7, 11) is 0. The van der Waals surface area contributed by atoms with Crippen molar-refractivity contribution in [1.82, 2.24) is 5.01 Å². The number of hydrogen-bond donors (Lipinski definition) is 2. The number of fused-ring (bicyclic) bond motifs is 1. The lowest BCUT2D eigenvalue weighted by Gasteiger charge is -2.40. The Morgan fingerprint density at radius 3 is 2.18 bits per heavy atom. The zero-order valence-corrected chi connectivity index (χ0v) is 22.4. The Morgan fingerprint density at radius 2 is 1.54 bits per heavy atom. The lowest BCUT2D eigenvalue weighted by Crippen LogP contribution is -2.57. The first-order valence-corrected chi connectivity index (χ1v) is 14.0. The molecule has 0 aliphatic carbocycles. The minimum Gasteiger partial charge on any atom is -0.391 e. The van der Waals surface area contributed by atoms with E-state index in [1.807, 2.05) is 6.07 Å². The summed E-state index contributed by atoms with van der Waals surface area (Å²) in [5.74, 6) is -1.41. The number of nitrogens with one attached hydrogen (secondary N) is 1. The number of anilines is 2. The van der Waals surface area contributed by atoms with E-state index < -0.39 is 29.0 Å². The molecule has 2 aromatic rings. The number of nitro benzene ring substituents is 1. The van der Waals surface area contributed by atoms with E-state index in [9.17, 15) is 24.8 Å². The van der Waals surface area contributed by atoms with Gasteiger partial charge in [-0.1, -0.05) is 88.6 Å². The molecule has 208 valence electrons. The lowest BCUT2D eigenvalue weighted by atomic mass is 9.91. The van der Waals surface area contributed by atoms with Gasteiger partial charge in [0.2, 0.25) is 5.91 Å².